The van der Waals surface area contributed by atoms with Crippen molar-refractivity contribution in [1.82, 2.24) is 15.5 Å². The number of amides is 2. The monoisotopic (exact) mass is 257 g/mol. The van der Waals surface area contributed by atoms with E-state index in [-0.39, 0.29) is 12.6 Å². The molecule has 1 rings (SSSR count). The van der Waals surface area contributed by atoms with Crippen LogP contribution < -0.4 is 10.6 Å². The average molecular weight is 257 g/mol. The number of carbonyl (C=O) groups is 2. The molecule has 0 bridgehead atoms. The Morgan fingerprint density at radius 3 is 2.61 bits per heavy atom. The Hall–Kier alpha value is -1.30. The van der Waals surface area contributed by atoms with Gasteiger partial charge in [0.2, 0.25) is 0 Å². The highest BCUT2D eigenvalue weighted by atomic mass is 16.4. The summed E-state index contributed by atoms with van der Waals surface area (Å²) in [6, 6.07) is 0.481. The Bertz CT molecular complexity index is 292. The van der Waals surface area contributed by atoms with Crippen LogP contribution in [0, 0.1) is 5.92 Å². The van der Waals surface area contributed by atoms with Crippen molar-refractivity contribution in [3.63, 3.8) is 0 Å². The van der Waals surface area contributed by atoms with Gasteiger partial charge >= 0.3 is 12.0 Å². The van der Waals surface area contributed by atoms with E-state index in [1.54, 1.807) is 14.0 Å². The van der Waals surface area contributed by atoms with Gasteiger partial charge in [-0.05, 0) is 25.8 Å². The molecule has 1 aliphatic rings. The summed E-state index contributed by atoms with van der Waals surface area (Å²) in [6.07, 6.45) is 3.43. The van der Waals surface area contributed by atoms with Gasteiger partial charge in [-0.1, -0.05) is 6.92 Å². The number of aliphatic carboxylic acids is 1. The van der Waals surface area contributed by atoms with Gasteiger partial charge in [-0.25, -0.2) is 4.79 Å². The SMILES string of the molecule is CC(CN(C)C(=O)NCCCNC1CC1)C(=O)O. The van der Waals surface area contributed by atoms with Crippen molar-refractivity contribution in [3.05, 3.63) is 0 Å². The number of nitrogens with one attached hydrogen (secondary N) is 2. The van der Waals surface area contributed by atoms with Gasteiger partial charge in [-0.3, -0.25) is 4.79 Å². The van der Waals surface area contributed by atoms with Gasteiger partial charge in [-0.15, -0.1) is 0 Å². The fourth-order valence-electron chi connectivity index (χ4n) is 1.58. The minimum absolute atomic E-state index is 0.213. The van der Waals surface area contributed by atoms with Crippen LogP contribution in [0.1, 0.15) is 26.2 Å². The maximum atomic E-state index is 11.6. The summed E-state index contributed by atoms with van der Waals surface area (Å²) in [5.41, 5.74) is 0. The summed E-state index contributed by atoms with van der Waals surface area (Å²) in [5, 5.41) is 14.9. The topological polar surface area (TPSA) is 81.7 Å². The maximum Gasteiger partial charge on any atom is 0.317 e. The lowest BCUT2D eigenvalue weighted by atomic mass is 10.2. The van der Waals surface area contributed by atoms with Crippen LogP contribution in [0.4, 0.5) is 4.79 Å². The van der Waals surface area contributed by atoms with Gasteiger partial charge in [0.1, 0.15) is 0 Å². The van der Waals surface area contributed by atoms with Crippen molar-refractivity contribution in [3.8, 4) is 0 Å². The molecule has 2 amide bonds. The summed E-state index contributed by atoms with van der Waals surface area (Å²) in [4.78, 5) is 23.7. The number of carboxylic acid groups (broad SMARTS) is 1. The molecule has 6 heteroatoms. The second kappa shape index (κ2) is 7.20. The summed E-state index contributed by atoms with van der Waals surface area (Å²) < 4.78 is 0. The van der Waals surface area contributed by atoms with Crippen molar-refractivity contribution in [2.75, 3.05) is 26.7 Å². The molecule has 1 unspecified atom stereocenters. The second-order valence-electron chi connectivity index (χ2n) is 4.93. The molecule has 0 saturated heterocycles. The highest BCUT2D eigenvalue weighted by Gasteiger charge is 2.19. The molecule has 0 spiro atoms. The Morgan fingerprint density at radius 1 is 1.39 bits per heavy atom. The molecule has 0 aromatic heterocycles. The molecule has 3 N–H and O–H groups in total. The highest BCUT2D eigenvalue weighted by molar-refractivity contribution is 5.75. The van der Waals surface area contributed by atoms with Gasteiger partial charge < -0.3 is 20.6 Å². The molecule has 0 aromatic rings. The Labute approximate surface area is 108 Å². The van der Waals surface area contributed by atoms with Crippen LogP contribution in [-0.4, -0.2) is 54.7 Å². The Kier molecular flexibility index (Phi) is 5.91. The van der Waals surface area contributed by atoms with E-state index in [2.05, 4.69) is 10.6 Å². The van der Waals surface area contributed by atoms with Crippen LogP contribution in [0.5, 0.6) is 0 Å². The molecule has 1 fully saturated rings. The van der Waals surface area contributed by atoms with E-state index in [1.807, 2.05) is 0 Å². The van der Waals surface area contributed by atoms with E-state index in [0.29, 0.717) is 12.6 Å². The predicted octanol–water partition coefficient (Wildman–Crippen LogP) is 0.491. The number of hydrogen-bond acceptors (Lipinski definition) is 3. The van der Waals surface area contributed by atoms with Crippen LogP contribution in [-0.2, 0) is 4.79 Å². The molecule has 0 aromatic carbocycles. The molecule has 1 atom stereocenters. The minimum Gasteiger partial charge on any atom is -0.481 e. The number of rotatable bonds is 8. The first-order chi connectivity index (χ1) is 8.50. The Morgan fingerprint density at radius 2 is 2.06 bits per heavy atom. The third kappa shape index (κ3) is 5.86. The predicted molar refractivity (Wildman–Crippen MR) is 68.5 cm³/mol. The van der Waals surface area contributed by atoms with Crippen molar-refractivity contribution >= 4 is 12.0 Å². The lowest BCUT2D eigenvalue weighted by Crippen LogP contribution is -2.41. The highest BCUT2D eigenvalue weighted by Crippen LogP contribution is 2.18. The third-order valence-electron chi connectivity index (χ3n) is 2.96. The largest absolute Gasteiger partial charge is 0.481 e. The molecule has 1 aliphatic carbocycles. The maximum absolute atomic E-state index is 11.6. The van der Waals surface area contributed by atoms with Crippen LogP contribution >= 0.6 is 0 Å². The fourth-order valence-corrected chi connectivity index (χ4v) is 1.58. The van der Waals surface area contributed by atoms with Gasteiger partial charge in [-0.2, -0.15) is 0 Å². The third-order valence-corrected chi connectivity index (χ3v) is 2.96. The first kappa shape index (κ1) is 14.8. The minimum atomic E-state index is -0.886. The zero-order chi connectivity index (χ0) is 13.5. The fraction of sp³-hybridized carbons (Fsp3) is 0.833. The van der Waals surface area contributed by atoms with Crippen molar-refractivity contribution in [1.29, 1.82) is 0 Å². The van der Waals surface area contributed by atoms with Crippen LogP contribution in [0.15, 0.2) is 0 Å². The van der Waals surface area contributed by atoms with E-state index in [9.17, 15) is 9.59 Å². The smallest absolute Gasteiger partial charge is 0.317 e. The molecule has 104 valence electrons. The van der Waals surface area contributed by atoms with E-state index in [0.717, 1.165) is 13.0 Å². The van der Waals surface area contributed by atoms with Crippen molar-refractivity contribution in [2.24, 2.45) is 5.92 Å². The van der Waals surface area contributed by atoms with Crippen LogP contribution in [0.25, 0.3) is 0 Å². The van der Waals surface area contributed by atoms with Gasteiger partial charge in [0, 0.05) is 26.2 Å². The molecule has 0 aliphatic heterocycles. The van der Waals surface area contributed by atoms with Crippen LogP contribution in [0.2, 0.25) is 0 Å². The summed E-state index contributed by atoms with van der Waals surface area (Å²) in [7, 11) is 1.61. The average Bonchev–Trinajstić information content (AvgIpc) is 3.11. The zero-order valence-corrected chi connectivity index (χ0v) is 11.1. The second-order valence-corrected chi connectivity index (χ2v) is 4.93. The molecular weight excluding hydrogens is 234 g/mol. The Balaban J connectivity index is 2.04. The molecule has 0 radical (unpaired) electrons. The zero-order valence-electron chi connectivity index (χ0n) is 11.1. The quantitative estimate of drug-likeness (QED) is 0.553. The van der Waals surface area contributed by atoms with E-state index in [4.69, 9.17) is 5.11 Å². The normalized spacial score (nSPS) is 16.1. The number of hydrogen-bond donors (Lipinski definition) is 3. The molecular formula is C12H23N3O3. The van der Waals surface area contributed by atoms with Crippen molar-refractivity contribution in [2.45, 2.75) is 32.2 Å². The van der Waals surface area contributed by atoms with Crippen molar-refractivity contribution < 1.29 is 14.7 Å². The van der Waals surface area contributed by atoms with Gasteiger partial charge in [0.05, 0.1) is 5.92 Å². The van der Waals surface area contributed by atoms with Gasteiger partial charge in [0.25, 0.3) is 0 Å². The van der Waals surface area contributed by atoms with Crippen LogP contribution in [0.3, 0.4) is 0 Å². The number of carbonyl (C=O) groups excluding carboxylic acids is 1. The van der Waals surface area contributed by atoms with E-state index < -0.39 is 11.9 Å². The van der Waals surface area contributed by atoms with E-state index in [1.165, 1.54) is 17.7 Å². The number of carboxylic acids is 1. The number of nitrogens with zero attached hydrogens (tertiary/aromatic N) is 1. The first-order valence-corrected chi connectivity index (χ1v) is 6.46. The summed E-state index contributed by atoms with van der Waals surface area (Å²) >= 11 is 0. The molecule has 6 nitrogen and oxygen atoms in total. The lowest BCUT2D eigenvalue weighted by molar-refractivity contribution is -0.141. The molecule has 18 heavy (non-hydrogen) atoms. The van der Waals surface area contributed by atoms with Gasteiger partial charge in [0.15, 0.2) is 0 Å². The standard InChI is InChI=1S/C12H23N3O3/c1-9(11(16)17)8-15(2)12(18)14-7-3-6-13-10-4-5-10/h9-10,13H,3-8H2,1-2H3,(H,14,18)(H,16,17). The lowest BCUT2D eigenvalue weighted by Gasteiger charge is -2.20. The first-order valence-electron chi connectivity index (χ1n) is 6.46. The molecule has 0 heterocycles. The number of urea groups is 1. The summed E-state index contributed by atoms with van der Waals surface area (Å²) in [6.45, 7) is 3.34. The summed E-state index contributed by atoms with van der Waals surface area (Å²) in [5.74, 6) is -1.43. The van der Waals surface area contributed by atoms with E-state index >= 15 is 0 Å². The molecule has 1 saturated carbocycles.